The lowest BCUT2D eigenvalue weighted by Gasteiger charge is -2.08. The summed E-state index contributed by atoms with van der Waals surface area (Å²) in [6.45, 7) is 0.767. The molecule has 0 aliphatic carbocycles. The van der Waals surface area contributed by atoms with Crippen LogP contribution in [0.15, 0.2) is 30.3 Å². The molecule has 0 bridgehead atoms. The maximum Gasteiger partial charge on any atom is 0.224 e. The largest absolute Gasteiger partial charge is 0.497 e. The molecule has 0 atom stereocenters. The van der Waals surface area contributed by atoms with Crippen LogP contribution in [-0.4, -0.2) is 35.3 Å². The lowest BCUT2D eigenvalue weighted by Crippen LogP contribution is -2.06. The number of anilines is 1. The number of hydrogen-bond donors (Lipinski definition) is 2. The van der Waals surface area contributed by atoms with Gasteiger partial charge < -0.3 is 15.2 Å². The van der Waals surface area contributed by atoms with E-state index in [1.807, 2.05) is 30.3 Å². The summed E-state index contributed by atoms with van der Waals surface area (Å²) in [5.74, 6) is 1.43. The molecule has 0 saturated heterocycles. The normalized spacial score (nSPS) is 10.3. The smallest absolute Gasteiger partial charge is 0.224 e. The zero-order valence-electron chi connectivity index (χ0n) is 11.1. The topological polar surface area (TPSA) is 67.3 Å². The van der Waals surface area contributed by atoms with Crippen molar-refractivity contribution in [3.8, 4) is 17.0 Å². The predicted octanol–water partition coefficient (Wildman–Crippen LogP) is 2.60. The van der Waals surface area contributed by atoms with E-state index in [2.05, 4.69) is 15.3 Å². The average Bonchev–Trinajstić information content (AvgIpc) is 2.47. The average molecular weight is 294 g/mol. The number of halogens is 1. The zero-order chi connectivity index (χ0) is 14.4. The van der Waals surface area contributed by atoms with E-state index in [0.29, 0.717) is 18.8 Å². The first kappa shape index (κ1) is 14.6. The molecule has 0 aliphatic rings. The van der Waals surface area contributed by atoms with Gasteiger partial charge in [0.15, 0.2) is 0 Å². The van der Waals surface area contributed by atoms with E-state index in [1.165, 1.54) is 0 Å². The fourth-order valence-electron chi connectivity index (χ4n) is 1.71. The number of aliphatic hydroxyl groups excluding tert-OH is 1. The molecule has 0 spiro atoms. The van der Waals surface area contributed by atoms with Gasteiger partial charge in [0.2, 0.25) is 5.28 Å². The van der Waals surface area contributed by atoms with Crippen molar-refractivity contribution < 1.29 is 9.84 Å². The van der Waals surface area contributed by atoms with Crippen LogP contribution in [0.1, 0.15) is 6.42 Å². The van der Waals surface area contributed by atoms with E-state index < -0.39 is 0 Å². The first-order valence-electron chi connectivity index (χ1n) is 6.26. The Bertz CT molecular complexity index is 561. The highest BCUT2D eigenvalue weighted by Crippen LogP contribution is 2.23. The van der Waals surface area contributed by atoms with Crippen molar-refractivity contribution in [1.82, 2.24) is 9.97 Å². The van der Waals surface area contributed by atoms with Crippen LogP contribution < -0.4 is 10.1 Å². The van der Waals surface area contributed by atoms with Crippen molar-refractivity contribution in [3.63, 3.8) is 0 Å². The number of aliphatic hydroxyl groups is 1. The molecule has 1 aromatic carbocycles. The summed E-state index contributed by atoms with van der Waals surface area (Å²) in [6.07, 6.45) is 0.652. The summed E-state index contributed by atoms with van der Waals surface area (Å²) in [6, 6.07) is 9.38. The molecule has 0 aliphatic heterocycles. The molecule has 5 nitrogen and oxygen atoms in total. The summed E-state index contributed by atoms with van der Waals surface area (Å²) >= 11 is 5.93. The molecule has 1 aromatic heterocycles. The molecule has 2 aromatic rings. The molecule has 2 N–H and O–H groups in total. The highest BCUT2D eigenvalue weighted by Gasteiger charge is 2.05. The van der Waals surface area contributed by atoms with Crippen LogP contribution in [0, 0.1) is 0 Å². The zero-order valence-corrected chi connectivity index (χ0v) is 11.9. The van der Waals surface area contributed by atoms with Gasteiger partial charge in [0.25, 0.3) is 0 Å². The van der Waals surface area contributed by atoms with Crippen LogP contribution in [-0.2, 0) is 0 Å². The molecule has 0 saturated carbocycles. The Morgan fingerprint density at radius 1 is 1.25 bits per heavy atom. The van der Waals surface area contributed by atoms with Crippen molar-refractivity contribution in [2.24, 2.45) is 0 Å². The van der Waals surface area contributed by atoms with Gasteiger partial charge in [0, 0.05) is 24.8 Å². The van der Waals surface area contributed by atoms with Gasteiger partial charge in [0.05, 0.1) is 12.8 Å². The van der Waals surface area contributed by atoms with Crippen LogP contribution in [0.5, 0.6) is 5.75 Å². The van der Waals surface area contributed by atoms with Crippen LogP contribution in [0.3, 0.4) is 0 Å². The highest BCUT2D eigenvalue weighted by molar-refractivity contribution is 6.28. The Morgan fingerprint density at radius 2 is 2.00 bits per heavy atom. The van der Waals surface area contributed by atoms with Crippen molar-refractivity contribution in [1.29, 1.82) is 0 Å². The highest BCUT2D eigenvalue weighted by atomic mass is 35.5. The molecule has 0 fully saturated rings. The third-order valence-electron chi connectivity index (χ3n) is 2.73. The Balaban J connectivity index is 2.21. The van der Waals surface area contributed by atoms with Gasteiger partial charge in [-0.2, -0.15) is 0 Å². The van der Waals surface area contributed by atoms with Crippen LogP contribution in [0.25, 0.3) is 11.3 Å². The molecule has 6 heteroatoms. The number of aromatic nitrogens is 2. The standard InChI is InChI=1S/C14H16ClN3O2/c1-20-11-5-3-10(4-6-11)12-9-13(16-7-2-8-19)18-14(15)17-12/h3-6,9,19H,2,7-8H2,1H3,(H,16,17,18). The van der Waals surface area contributed by atoms with Gasteiger partial charge in [-0.1, -0.05) is 0 Å². The first-order chi connectivity index (χ1) is 9.72. The van der Waals surface area contributed by atoms with Gasteiger partial charge >= 0.3 is 0 Å². The SMILES string of the molecule is COc1ccc(-c2cc(NCCCO)nc(Cl)n2)cc1. The van der Waals surface area contributed by atoms with Gasteiger partial charge in [-0.25, -0.2) is 9.97 Å². The fourth-order valence-corrected chi connectivity index (χ4v) is 1.90. The van der Waals surface area contributed by atoms with Crippen LogP contribution in [0.2, 0.25) is 5.28 Å². The van der Waals surface area contributed by atoms with Crippen molar-refractivity contribution in [2.75, 3.05) is 25.6 Å². The lowest BCUT2D eigenvalue weighted by atomic mass is 10.1. The molecule has 106 valence electrons. The van der Waals surface area contributed by atoms with E-state index >= 15 is 0 Å². The molecule has 1 heterocycles. The van der Waals surface area contributed by atoms with Gasteiger partial charge in [-0.3, -0.25) is 0 Å². The molecule has 0 radical (unpaired) electrons. The minimum absolute atomic E-state index is 0.136. The number of ether oxygens (including phenoxy) is 1. The van der Waals surface area contributed by atoms with Gasteiger partial charge in [-0.15, -0.1) is 0 Å². The number of rotatable bonds is 6. The molecule has 0 amide bonds. The summed E-state index contributed by atoms with van der Waals surface area (Å²) in [7, 11) is 1.62. The van der Waals surface area contributed by atoms with E-state index in [-0.39, 0.29) is 11.9 Å². The summed E-state index contributed by atoms with van der Waals surface area (Å²) in [5.41, 5.74) is 1.67. The Hall–Kier alpha value is -1.85. The second-order valence-electron chi connectivity index (χ2n) is 4.14. The Labute approximate surface area is 122 Å². The maximum absolute atomic E-state index is 8.77. The second kappa shape index (κ2) is 7.07. The minimum Gasteiger partial charge on any atom is -0.497 e. The molecular formula is C14H16ClN3O2. The van der Waals surface area contributed by atoms with Gasteiger partial charge in [-0.05, 0) is 42.3 Å². The Kier molecular flexibility index (Phi) is 5.15. The second-order valence-corrected chi connectivity index (χ2v) is 4.48. The Morgan fingerprint density at radius 3 is 2.65 bits per heavy atom. The maximum atomic E-state index is 8.77. The first-order valence-corrected chi connectivity index (χ1v) is 6.64. The number of benzene rings is 1. The quantitative estimate of drug-likeness (QED) is 0.633. The molecule has 2 rings (SSSR count). The number of hydrogen-bond acceptors (Lipinski definition) is 5. The van der Waals surface area contributed by atoms with Crippen molar-refractivity contribution in [3.05, 3.63) is 35.6 Å². The van der Waals surface area contributed by atoms with Crippen LogP contribution in [0.4, 0.5) is 5.82 Å². The third kappa shape index (κ3) is 3.82. The monoisotopic (exact) mass is 293 g/mol. The third-order valence-corrected chi connectivity index (χ3v) is 2.89. The molecular weight excluding hydrogens is 278 g/mol. The number of methoxy groups -OCH3 is 1. The minimum atomic E-state index is 0.136. The summed E-state index contributed by atoms with van der Waals surface area (Å²) in [4.78, 5) is 8.31. The van der Waals surface area contributed by atoms with Crippen molar-refractivity contribution in [2.45, 2.75) is 6.42 Å². The number of nitrogens with one attached hydrogen (secondary N) is 1. The fraction of sp³-hybridized carbons (Fsp3) is 0.286. The van der Waals surface area contributed by atoms with Crippen molar-refractivity contribution >= 4 is 17.4 Å². The molecule has 0 unspecified atom stereocenters. The van der Waals surface area contributed by atoms with Crippen LogP contribution >= 0.6 is 11.6 Å². The van der Waals surface area contributed by atoms with Gasteiger partial charge in [0.1, 0.15) is 11.6 Å². The summed E-state index contributed by atoms with van der Waals surface area (Å²) in [5, 5.41) is 12.1. The van der Waals surface area contributed by atoms with E-state index in [9.17, 15) is 0 Å². The van der Waals surface area contributed by atoms with E-state index in [4.69, 9.17) is 21.4 Å². The summed E-state index contributed by atoms with van der Waals surface area (Å²) < 4.78 is 5.12. The van der Waals surface area contributed by atoms with E-state index in [1.54, 1.807) is 7.11 Å². The predicted molar refractivity (Wildman–Crippen MR) is 79.2 cm³/mol. The lowest BCUT2D eigenvalue weighted by molar-refractivity contribution is 0.292. The molecule has 20 heavy (non-hydrogen) atoms. The van der Waals surface area contributed by atoms with E-state index in [0.717, 1.165) is 17.0 Å². The number of nitrogens with zero attached hydrogens (tertiary/aromatic N) is 2.